The van der Waals surface area contributed by atoms with Gasteiger partial charge in [0.15, 0.2) is 5.78 Å². The number of ketones is 1. The second kappa shape index (κ2) is 5.30. The van der Waals surface area contributed by atoms with E-state index in [9.17, 15) is 4.79 Å². The van der Waals surface area contributed by atoms with Crippen LogP contribution in [0, 0.1) is 6.92 Å². The minimum absolute atomic E-state index is 0.243. The van der Waals surface area contributed by atoms with Gasteiger partial charge in [0.1, 0.15) is 0 Å². The van der Waals surface area contributed by atoms with Gasteiger partial charge < -0.3 is 0 Å². The van der Waals surface area contributed by atoms with Gasteiger partial charge in [0.05, 0.1) is 0 Å². The van der Waals surface area contributed by atoms with Crippen molar-refractivity contribution in [3.05, 3.63) is 33.8 Å². The van der Waals surface area contributed by atoms with E-state index in [-0.39, 0.29) is 5.78 Å². The number of hydrogen-bond donors (Lipinski definition) is 0. The summed E-state index contributed by atoms with van der Waals surface area (Å²) >= 11 is 3.43. The van der Waals surface area contributed by atoms with E-state index in [0.29, 0.717) is 6.42 Å². The molecule has 0 bridgehead atoms. The largest absolute Gasteiger partial charge is 0.294 e. The SMILES string of the molecule is CCCCC(=O)c1ccc(C)c(Br)c1. The summed E-state index contributed by atoms with van der Waals surface area (Å²) in [5, 5.41) is 0. The third-order valence-corrected chi connectivity index (χ3v) is 3.11. The molecule has 0 N–H and O–H groups in total. The summed E-state index contributed by atoms with van der Waals surface area (Å²) in [6, 6.07) is 5.79. The lowest BCUT2D eigenvalue weighted by molar-refractivity contribution is 0.0979. The van der Waals surface area contributed by atoms with Gasteiger partial charge in [-0.25, -0.2) is 0 Å². The Hall–Kier alpha value is -0.630. The maximum Gasteiger partial charge on any atom is 0.162 e. The van der Waals surface area contributed by atoms with Crippen molar-refractivity contribution < 1.29 is 4.79 Å². The van der Waals surface area contributed by atoms with Crippen LogP contribution in [0.25, 0.3) is 0 Å². The second-order valence-corrected chi connectivity index (χ2v) is 4.35. The van der Waals surface area contributed by atoms with Crippen LogP contribution in [0.2, 0.25) is 0 Å². The van der Waals surface area contributed by atoms with E-state index in [2.05, 4.69) is 22.9 Å². The molecule has 0 radical (unpaired) electrons. The van der Waals surface area contributed by atoms with Crippen LogP contribution in [0.15, 0.2) is 22.7 Å². The molecule has 0 unspecified atom stereocenters. The summed E-state index contributed by atoms with van der Waals surface area (Å²) in [4.78, 5) is 11.6. The lowest BCUT2D eigenvalue weighted by Crippen LogP contribution is -1.98. The lowest BCUT2D eigenvalue weighted by Gasteiger charge is -2.02. The van der Waals surface area contributed by atoms with Crippen LogP contribution < -0.4 is 0 Å². The van der Waals surface area contributed by atoms with Gasteiger partial charge in [-0.3, -0.25) is 4.79 Å². The second-order valence-electron chi connectivity index (χ2n) is 3.49. The number of benzene rings is 1. The smallest absolute Gasteiger partial charge is 0.162 e. The Morgan fingerprint density at radius 1 is 1.43 bits per heavy atom. The van der Waals surface area contributed by atoms with Gasteiger partial charge in [0.25, 0.3) is 0 Å². The monoisotopic (exact) mass is 254 g/mol. The first-order chi connectivity index (χ1) is 6.65. The number of carbonyl (C=O) groups is 1. The minimum Gasteiger partial charge on any atom is -0.294 e. The molecule has 0 saturated heterocycles. The Labute approximate surface area is 93.7 Å². The first-order valence-corrected chi connectivity index (χ1v) is 5.73. The van der Waals surface area contributed by atoms with Crippen molar-refractivity contribution in [2.75, 3.05) is 0 Å². The number of hydrogen-bond acceptors (Lipinski definition) is 1. The van der Waals surface area contributed by atoms with Gasteiger partial charge >= 0.3 is 0 Å². The number of rotatable bonds is 4. The predicted octanol–water partition coefficient (Wildman–Crippen LogP) is 4.13. The molecule has 0 heterocycles. The molecular formula is C12H15BrO. The van der Waals surface area contributed by atoms with Crippen LogP contribution in [0.3, 0.4) is 0 Å². The highest BCUT2D eigenvalue weighted by Crippen LogP contribution is 2.18. The van der Waals surface area contributed by atoms with Crippen LogP contribution in [0.4, 0.5) is 0 Å². The molecule has 1 aromatic carbocycles. The van der Waals surface area contributed by atoms with Gasteiger partial charge in [-0.15, -0.1) is 0 Å². The van der Waals surface area contributed by atoms with Crippen molar-refractivity contribution in [2.24, 2.45) is 0 Å². The molecule has 2 heteroatoms. The Balaban J connectivity index is 2.76. The summed E-state index contributed by atoms with van der Waals surface area (Å²) in [6.07, 6.45) is 2.70. The number of halogens is 1. The third-order valence-electron chi connectivity index (χ3n) is 2.25. The fraction of sp³-hybridized carbons (Fsp3) is 0.417. The average molecular weight is 255 g/mol. The van der Waals surface area contributed by atoms with Gasteiger partial charge in [0, 0.05) is 16.5 Å². The van der Waals surface area contributed by atoms with Crippen molar-refractivity contribution in [1.29, 1.82) is 0 Å². The maximum absolute atomic E-state index is 11.6. The summed E-state index contributed by atoms with van der Waals surface area (Å²) < 4.78 is 1.01. The molecule has 0 saturated carbocycles. The first-order valence-electron chi connectivity index (χ1n) is 4.94. The van der Waals surface area contributed by atoms with Crippen molar-refractivity contribution in [3.63, 3.8) is 0 Å². The van der Waals surface area contributed by atoms with Crippen LogP contribution in [-0.4, -0.2) is 5.78 Å². The Morgan fingerprint density at radius 3 is 2.71 bits per heavy atom. The van der Waals surface area contributed by atoms with Gasteiger partial charge in [-0.05, 0) is 25.0 Å². The van der Waals surface area contributed by atoms with E-state index in [4.69, 9.17) is 0 Å². The van der Waals surface area contributed by atoms with E-state index >= 15 is 0 Å². The molecule has 76 valence electrons. The average Bonchev–Trinajstić information content (AvgIpc) is 2.18. The Morgan fingerprint density at radius 2 is 2.14 bits per heavy atom. The highest BCUT2D eigenvalue weighted by atomic mass is 79.9. The van der Waals surface area contributed by atoms with Crippen LogP contribution >= 0.6 is 15.9 Å². The molecule has 0 aliphatic rings. The van der Waals surface area contributed by atoms with Crippen molar-refractivity contribution in [2.45, 2.75) is 33.1 Å². The van der Waals surface area contributed by atoms with E-state index in [1.807, 2.05) is 25.1 Å². The zero-order chi connectivity index (χ0) is 10.6. The predicted molar refractivity (Wildman–Crippen MR) is 62.7 cm³/mol. The number of aryl methyl sites for hydroxylation is 1. The summed E-state index contributed by atoms with van der Waals surface area (Å²) in [6.45, 7) is 4.11. The summed E-state index contributed by atoms with van der Waals surface area (Å²) in [7, 11) is 0. The fourth-order valence-electron chi connectivity index (χ4n) is 1.25. The molecule has 0 aliphatic heterocycles. The first kappa shape index (κ1) is 11.4. The molecule has 0 amide bonds. The lowest BCUT2D eigenvalue weighted by atomic mass is 10.0. The molecule has 0 atom stereocenters. The highest BCUT2D eigenvalue weighted by Gasteiger charge is 2.06. The molecular weight excluding hydrogens is 240 g/mol. The molecule has 1 rings (SSSR count). The van der Waals surface area contributed by atoms with E-state index in [1.165, 1.54) is 0 Å². The summed E-state index contributed by atoms with van der Waals surface area (Å²) in [5.74, 6) is 0.243. The normalized spacial score (nSPS) is 10.2. The number of Topliss-reactive ketones (excluding diaryl/α,β-unsaturated/α-hetero) is 1. The zero-order valence-corrected chi connectivity index (χ0v) is 10.2. The zero-order valence-electron chi connectivity index (χ0n) is 8.64. The van der Waals surface area contributed by atoms with Gasteiger partial charge in [-0.1, -0.05) is 41.4 Å². The standard InChI is InChI=1S/C12H15BrO/c1-3-4-5-12(14)10-7-6-9(2)11(13)8-10/h6-8H,3-5H2,1-2H3. The molecule has 0 fully saturated rings. The minimum atomic E-state index is 0.243. The van der Waals surface area contributed by atoms with Gasteiger partial charge in [0.2, 0.25) is 0 Å². The topological polar surface area (TPSA) is 17.1 Å². The molecule has 1 nitrogen and oxygen atoms in total. The van der Waals surface area contributed by atoms with E-state index in [0.717, 1.165) is 28.4 Å². The molecule has 14 heavy (non-hydrogen) atoms. The highest BCUT2D eigenvalue weighted by molar-refractivity contribution is 9.10. The molecule has 0 aromatic heterocycles. The molecule has 1 aromatic rings. The van der Waals surface area contributed by atoms with E-state index in [1.54, 1.807) is 0 Å². The number of unbranched alkanes of at least 4 members (excludes halogenated alkanes) is 1. The quantitative estimate of drug-likeness (QED) is 0.739. The molecule has 0 aliphatic carbocycles. The fourth-order valence-corrected chi connectivity index (χ4v) is 1.63. The van der Waals surface area contributed by atoms with Crippen LogP contribution in [0.5, 0.6) is 0 Å². The van der Waals surface area contributed by atoms with Crippen LogP contribution in [0.1, 0.15) is 42.1 Å². The number of carbonyl (C=O) groups excluding carboxylic acids is 1. The van der Waals surface area contributed by atoms with Gasteiger partial charge in [-0.2, -0.15) is 0 Å². The third kappa shape index (κ3) is 2.95. The van der Waals surface area contributed by atoms with E-state index < -0.39 is 0 Å². The van der Waals surface area contributed by atoms with Crippen molar-refractivity contribution in [3.8, 4) is 0 Å². The molecule has 0 spiro atoms. The van der Waals surface area contributed by atoms with Crippen molar-refractivity contribution >= 4 is 21.7 Å². The summed E-state index contributed by atoms with van der Waals surface area (Å²) in [5.41, 5.74) is 1.98. The Bertz CT molecular complexity index is 331. The van der Waals surface area contributed by atoms with Crippen LogP contribution in [-0.2, 0) is 0 Å². The Kier molecular flexibility index (Phi) is 4.33. The maximum atomic E-state index is 11.6. The van der Waals surface area contributed by atoms with Crippen molar-refractivity contribution in [1.82, 2.24) is 0 Å².